The van der Waals surface area contributed by atoms with Crippen molar-refractivity contribution in [2.24, 2.45) is 7.05 Å². The highest BCUT2D eigenvalue weighted by atomic mass is 16.4. The number of carbonyl (C=O) groups is 1. The van der Waals surface area contributed by atoms with E-state index in [1.165, 1.54) is 6.07 Å². The number of aromatic carboxylic acids is 1. The second kappa shape index (κ2) is 3.55. The molecule has 0 aromatic carbocycles. The lowest BCUT2D eigenvalue weighted by atomic mass is 9.90. The molecule has 2 rings (SSSR count). The first-order valence-corrected chi connectivity index (χ1v) is 5.38. The minimum atomic E-state index is -1.02. The summed E-state index contributed by atoms with van der Waals surface area (Å²) in [5.41, 5.74) is 1.49. The maximum absolute atomic E-state index is 10.9. The van der Waals surface area contributed by atoms with Gasteiger partial charge in [-0.15, -0.1) is 0 Å². The van der Waals surface area contributed by atoms with Crippen molar-refractivity contribution in [1.82, 2.24) is 14.8 Å². The van der Waals surface area contributed by atoms with Crippen LogP contribution in [0.15, 0.2) is 12.1 Å². The van der Waals surface area contributed by atoms with E-state index in [2.05, 4.69) is 30.9 Å². The fourth-order valence-corrected chi connectivity index (χ4v) is 1.80. The molecule has 0 aliphatic carbocycles. The molecule has 0 spiro atoms. The van der Waals surface area contributed by atoms with Crippen LogP contribution in [0.4, 0.5) is 0 Å². The van der Waals surface area contributed by atoms with Crippen molar-refractivity contribution in [3.63, 3.8) is 0 Å². The molecular formula is C12H15N3O2. The van der Waals surface area contributed by atoms with Gasteiger partial charge in [0.15, 0.2) is 11.3 Å². The molecule has 5 heteroatoms. The zero-order valence-electron chi connectivity index (χ0n) is 10.4. The standard InChI is InChI=1S/C12H15N3O2/c1-12(2,3)9-7-5-6-8(11(16)17)13-10(7)15(4)14-9/h5-6H,1-4H3,(H,16,17). The third-order valence-corrected chi connectivity index (χ3v) is 2.62. The van der Waals surface area contributed by atoms with E-state index in [4.69, 9.17) is 5.11 Å². The molecule has 17 heavy (non-hydrogen) atoms. The molecule has 0 bridgehead atoms. The largest absolute Gasteiger partial charge is 0.477 e. The molecule has 0 fully saturated rings. The smallest absolute Gasteiger partial charge is 0.354 e. The Kier molecular flexibility index (Phi) is 2.41. The minimum absolute atomic E-state index is 0.0426. The molecule has 0 aliphatic heterocycles. The van der Waals surface area contributed by atoms with Crippen LogP contribution >= 0.6 is 0 Å². The quantitative estimate of drug-likeness (QED) is 0.817. The van der Waals surface area contributed by atoms with Crippen LogP contribution in [0.1, 0.15) is 37.0 Å². The summed E-state index contributed by atoms with van der Waals surface area (Å²) < 4.78 is 1.63. The number of carboxylic acid groups (broad SMARTS) is 1. The summed E-state index contributed by atoms with van der Waals surface area (Å²) in [5, 5.41) is 14.2. The number of aromatic nitrogens is 3. The van der Waals surface area contributed by atoms with Crippen LogP contribution in [-0.4, -0.2) is 25.8 Å². The molecule has 0 aliphatic rings. The summed E-state index contributed by atoms with van der Waals surface area (Å²) in [7, 11) is 1.77. The van der Waals surface area contributed by atoms with E-state index in [9.17, 15) is 4.79 Å². The summed E-state index contributed by atoms with van der Waals surface area (Å²) in [6.07, 6.45) is 0. The normalized spacial score (nSPS) is 12.0. The Bertz CT molecular complexity index is 594. The van der Waals surface area contributed by atoms with Crippen LogP contribution in [0.25, 0.3) is 11.0 Å². The van der Waals surface area contributed by atoms with Crippen molar-refractivity contribution >= 4 is 17.0 Å². The highest BCUT2D eigenvalue weighted by Crippen LogP contribution is 2.28. The molecule has 2 aromatic rings. The maximum atomic E-state index is 10.9. The molecule has 0 saturated carbocycles. The molecule has 90 valence electrons. The summed E-state index contributed by atoms with van der Waals surface area (Å²) >= 11 is 0. The predicted octanol–water partition coefficient (Wildman–Crippen LogP) is 1.96. The molecule has 1 N–H and O–H groups in total. The number of pyridine rings is 1. The van der Waals surface area contributed by atoms with Gasteiger partial charge in [0.1, 0.15) is 0 Å². The Hall–Kier alpha value is -1.91. The van der Waals surface area contributed by atoms with Gasteiger partial charge in [-0.2, -0.15) is 5.10 Å². The summed E-state index contributed by atoms with van der Waals surface area (Å²) in [6, 6.07) is 3.29. The topological polar surface area (TPSA) is 68.0 Å². The zero-order valence-corrected chi connectivity index (χ0v) is 10.4. The van der Waals surface area contributed by atoms with Crippen molar-refractivity contribution in [3.8, 4) is 0 Å². The van der Waals surface area contributed by atoms with Gasteiger partial charge in [-0.1, -0.05) is 20.8 Å². The van der Waals surface area contributed by atoms with E-state index in [-0.39, 0.29) is 11.1 Å². The number of nitrogens with zero attached hydrogens (tertiary/aromatic N) is 3. The first-order chi connectivity index (χ1) is 7.80. The van der Waals surface area contributed by atoms with Crippen LogP contribution in [0.5, 0.6) is 0 Å². The fourth-order valence-electron chi connectivity index (χ4n) is 1.80. The first kappa shape index (κ1) is 11.6. The van der Waals surface area contributed by atoms with E-state index in [0.29, 0.717) is 5.65 Å². The molecule has 2 heterocycles. The van der Waals surface area contributed by atoms with Crippen LogP contribution in [0, 0.1) is 0 Å². The van der Waals surface area contributed by atoms with Gasteiger partial charge in [0, 0.05) is 17.8 Å². The minimum Gasteiger partial charge on any atom is -0.477 e. The number of hydrogen-bond acceptors (Lipinski definition) is 3. The molecule has 0 saturated heterocycles. The average molecular weight is 233 g/mol. The van der Waals surface area contributed by atoms with Crippen LogP contribution in [0.2, 0.25) is 0 Å². The molecule has 0 radical (unpaired) electrons. The average Bonchev–Trinajstić information content (AvgIpc) is 2.55. The SMILES string of the molecule is Cn1nc(C(C)(C)C)c2ccc(C(=O)O)nc21. The summed E-state index contributed by atoms with van der Waals surface area (Å²) in [4.78, 5) is 15.0. The third kappa shape index (κ3) is 1.88. The van der Waals surface area contributed by atoms with Gasteiger partial charge in [-0.25, -0.2) is 9.78 Å². The Morgan fingerprint density at radius 2 is 2.00 bits per heavy atom. The van der Waals surface area contributed by atoms with Crippen molar-refractivity contribution in [1.29, 1.82) is 0 Å². The van der Waals surface area contributed by atoms with Crippen LogP contribution < -0.4 is 0 Å². The van der Waals surface area contributed by atoms with Gasteiger partial charge in [0.2, 0.25) is 0 Å². The number of hydrogen-bond donors (Lipinski definition) is 1. The third-order valence-electron chi connectivity index (χ3n) is 2.62. The lowest BCUT2D eigenvalue weighted by Crippen LogP contribution is -2.12. The second-order valence-electron chi connectivity index (χ2n) is 5.10. The zero-order chi connectivity index (χ0) is 12.8. The highest BCUT2D eigenvalue weighted by molar-refractivity contribution is 5.89. The lowest BCUT2D eigenvalue weighted by molar-refractivity contribution is 0.0691. The predicted molar refractivity (Wildman–Crippen MR) is 64.2 cm³/mol. The van der Waals surface area contributed by atoms with E-state index in [1.807, 2.05) is 0 Å². The summed E-state index contributed by atoms with van der Waals surface area (Å²) in [6.45, 7) is 6.21. The monoisotopic (exact) mass is 233 g/mol. The second-order valence-corrected chi connectivity index (χ2v) is 5.10. The molecule has 2 aromatic heterocycles. The Balaban J connectivity index is 2.74. The van der Waals surface area contributed by atoms with Crippen LogP contribution in [-0.2, 0) is 12.5 Å². The van der Waals surface area contributed by atoms with Gasteiger partial charge in [-0.05, 0) is 12.1 Å². The molecular weight excluding hydrogens is 218 g/mol. The highest BCUT2D eigenvalue weighted by Gasteiger charge is 2.22. The van der Waals surface area contributed by atoms with Gasteiger partial charge in [0.25, 0.3) is 0 Å². The van der Waals surface area contributed by atoms with Crippen molar-refractivity contribution in [2.45, 2.75) is 26.2 Å². The van der Waals surface area contributed by atoms with Gasteiger partial charge in [0.05, 0.1) is 5.69 Å². The molecule has 0 unspecified atom stereocenters. The fraction of sp³-hybridized carbons (Fsp3) is 0.417. The Morgan fingerprint density at radius 3 is 2.53 bits per heavy atom. The van der Waals surface area contributed by atoms with Gasteiger partial charge >= 0.3 is 5.97 Å². The van der Waals surface area contributed by atoms with Crippen molar-refractivity contribution < 1.29 is 9.90 Å². The molecule has 0 atom stereocenters. The van der Waals surface area contributed by atoms with Gasteiger partial charge < -0.3 is 5.11 Å². The number of aryl methyl sites for hydroxylation is 1. The van der Waals surface area contributed by atoms with Gasteiger partial charge in [-0.3, -0.25) is 4.68 Å². The van der Waals surface area contributed by atoms with Crippen molar-refractivity contribution in [3.05, 3.63) is 23.5 Å². The molecule has 0 amide bonds. The van der Waals surface area contributed by atoms with Crippen LogP contribution in [0.3, 0.4) is 0 Å². The summed E-state index contributed by atoms with van der Waals surface area (Å²) in [5.74, 6) is -1.02. The van der Waals surface area contributed by atoms with E-state index in [0.717, 1.165) is 11.1 Å². The number of carboxylic acids is 1. The number of rotatable bonds is 1. The molecule has 5 nitrogen and oxygen atoms in total. The van der Waals surface area contributed by atoms with E-state index >= 15 is 0 Å². The van der Waals surface area contributed by atoms with E-state index in [1.54, 1.807) is 17.8 Å². The van der Waals surface area contributed by atoms with E-state index < -0.39 is 5.97 Å². The Morgan fingerprint density at radius 1 is 1.35 bits per heavy atom. The Labute approximate surface area is 99.1 Å². The maximum Gasteiger partial charge on any atom is 0.354 e. The number of fused-ring (bicyclic) bond motifs is 1. The van der Waals surface area contributed by atoms with Crippen molar-refractivity contribution in [2.75, 3.05) is 0 Å². The first-order valence-electron chi connectivity index (χ1n) is 5.38. The lowest BCUT2D eigenvalue weighted by Gasteiger charge is -2.15.